The van der Waals surface area contributed by atoms with Crippen LogP contribution in [0.3, 0.4) is 0 Å². The first-order valence-corrected chi connectivity index (χ1v) is 9.65. The molecule has 0 atom stereocenters. The lowest BCUT2D eigenvalue weighted by atomic mass is 10.1. The molecule has 3 aromatic carbocycles. The summed E-state index contributed by atoms with van der Waals surface area (Å²) in [5, 5.41) is 9.89. The average molecular weight is 411 g/mol. The number of oxazole rings is 1. The molecule has 152 valence electrons. The van der Waals surface area contributed by atoms with E-state index >= 15 is 0 Å². The van der Waals surface area contributed by atoms with Gasteiger partial charge in [0, 0.05) is 11.6 Å². The van der Waals surface area contributed by atoms with Crippen molar-refractivity contribution in [2.24, 2.45) is 0 Å². The second kappa shape index (κ2) is 7.84. The van der Waals surface area contributed by atoms with E-state index in [9.17, 15) is 9.90 Å². The SMILES string of the molecule is O=c1c(-c2ccc(O)cc2)coc2cc(OCc3cnc(-c4ccccc4)o3)ccc12. The highest BCUT2D eigenvalue weighted by atomic mass is 16.5. The van der Waals surface area contributed by atoms with Gasteiger partial charge in [0.1, 0.15) is 30.0 Å². The van der Waals surface area contributed by atoms with Crippen LogP contribution in [0.25, 0.3) is 33.6 Å². The second-order valence-corrected chi connectivity index (χ2v) is 6.97. The molecule has 0 radical (unpaired) electrons. The molecule has 5 aromatic rings. The molecule has 1 N–H and O–H groups in total. The molecule has 0 bridgehead atoms. The Bertz CT molecular complexity index is 1400. The first kappa shape index (κ1) is 18.7. The molecule has 0 aliphatic rings. The molecule has 0 saturated heterocycles. The molecule has 2 aromatic heterocycles. The average Bonchev–Trinajstić information content (AvgIpc) is 3.28. The second-order valence-electron chi connectivity index (χ2n) is 6.97. The topological polar surface area (TPSA) is 85.7 Å². The van der Waals surface area contributed by atoms with Crippen LogP contribution in [0.15, 0.2) is 98.9 Å². The number of rotatable bonds is 5. The molecule has 31 heavy (non-hydrogen) atoms. The van der Waals surface area contributed by atoms with E-state index in [1.165, 1.54) is 18.4 Å². The maximum absolute atomic E-state index is 12.9. The van der Waals surface area contributed by atoms with E-state index in [2.05, 4.69) is 4.98 Å². The maximum atomic E-state index is 12.9. The number of ether oxygens (including phenoxy) is 1. The van der Waals surface area contributed by atoms with Crippen LogP contribution >= 0.6 is 0 Å². The summed E-state index contributed by atoms with van der Waals surface area (Å²) in [6, 6.07) is 21.1. The predicted octanol–water partition coefficient (Wildman–Crippen LogP) is 5.40. The van der Waals surface area contributed by atoms with Gasteiger partial charge in [-0.3, -0.25) is 4.79 Å². The smallest absolute Gasteiger partial charge is 0.226 e. The third kappa shape index (κ3) is 3.79. The number of benzene rings is 3. The number of phenolic OH excluding ortho intramolecular Hbond substituents is 1. The normalized spacial score (nSPS) is 11.0. The Labute approximate surface area is 177 Å². The van der Waals surface area contributed by atoms with Crippen molar-refractivity contribution < 1.29 is 18.7 Å². The molecular formula is C25H17NO5. The van der Waals surface area contributed by atoms with Crippen molar-refractivity contribution in [2.45, 2.75) is 6.61 Å². The van der Waals surface area contributed by atoms with Gasteiger partial charge in [-0.25, -0.2) is 4.98 Å². The third-order valence-electron chi connectivity index (χ3n) is 4.88. The molecule has 6 nitrogen and oxygen atoms in total. The number of hydrogen-bond donors (Lipinski definition) is 1. The molecule has 0 amide bonds. The van der Waals surface area contributed by atoms with Gasteiger partial charge in [0.25, 0.3) is 0 Å². The molecule has 2 heterocycles. The van der Waals surface area contributed by atoms with E-state index in [0.29, 0.717) is 39.5 Å². The van der Waals surface area contributed by atoms with E-state index in [-0.39, 0.29) is 17.8 Å². The van der Waals surface area contributed by atoms with Gasteiger partial charge in [-0.1, -0.05) is 30.3 Å². The van der Waals surface area contributed by atoms with Gasteiger partial charge < -0.3 is 18.7 Å². The zero-order chi connectivity index (χ0) is 21.2. The van der Waals surface area contributed by atoms with Crippen LogP contribution in [0.4, 0.5) is 0 Å². The van der Waals surface area contributed by atoms with Crippen molar-refractivity contribution in [3.05, 3.63) is 101 Å². The van der Waals surface area contributed by atoms with Gasteiger partial charge >= 0.3 is 0 Å². The van der Waals surface area contributed by atoms with E-state index < -0.39 is 0 Å². The Morgan fingerprint density at radius 2 is 1.74 bits per heavy atom. The molecule has 0 fully saturated rings. The summed E-state index contributed by atoms with van der Waals surface area (Å²) in [6.45, 7) is 0.196. The number of aromatic hydroxyl groups is 1. The summed E-state index contributed by atoms with van der Waals surface area (Å²) in [4.78, 5) is 17.1. The molecule has 0 unspecified atom stereocenters. The number of nitrogens with zero attached hydrogens (tertiary/aromatic N) is 1. The Kier molecular flexibility index (Phi) is 4.72. The first-order valence-electron chi connectivity index (χ1n) is 9.65. The zero-order valence-corrected chi connectivity index (χ0v) is 16.3. The van der Waals surface area contributed by atoms with E-state index in [1.807, 2.05) is 30.3 Å². The minimum absolute atomic E-state index is 0.137. The Balaban J connectivity index is 1.36. The lowest BCUT2D eigenvalue weighted by Crippen LogP contribution is -2.05. The Morgan fingerprint density at radius 1 is 0.935 bits per heavy atom. The van der Waals surface area contributed by atoms with Crippen LogP contribution in [0, 0.1) is 0 Å². The quantitative estimate of drug-likeness (QED) is 0.417. The van der Waals surface area contributed by atoms with E-state index in [0.717, 1.165) is 5.56 Å². The summed E-state index contributed by atoms with van der Waals surface area (Å²) in [5.41, 5.74) is 2.27. The van der Waals surface area contributed by atoms with Gasteiger partial charge in [0.15, 0.2) is 11.2 Å². The maximum Gasteiger partial charge on any atom is 0.226 e. The minimum Gasteiger partial charge on any atom is -0.508 e. The van der Waals surface area contributed by atoms with Crippen LogP contribution in [-0.4, -0.2) is 10.1 Å². The van der Waals surface area contributed by atoms with Gasteiger partial charge in [0.05, 0.1) is 17.1 Å². The minimum atomic E-state index is -0.152. The van der Waals surface area contributed by atoms with Crippen molar-refractivity contribution in [1.29, 1.82) is 0 Å². The summed E-state index contributed by atoms with van der Waals surface area (Å²) in [6.07, 6.45) is 3.05. The molecule has 0 saturated carbocycles. The lowest BCUT2D eigenvalue weighted by Gasteiger charge is -2.06. The van der Waals surface area contributed by atoms with Gasteiger partial charge in [-0.15, -0.1) is 0 Å². The van der Waals surface area contributed by atoms with Gasteiger partial charge in [-0.05, 0) is 42.0 Å². The predicted molar refractivity (Wildman–Crippen MR) is 116 cm³/mol. The first-order chi connectivity index (χ1) is 15.2. The van der Waals surface area contributed by atoms with Crippen LogP contribution < -0.4 is 10.2 Å². The molecule has 0 aliphatic carbocycles. The molecule has 0 spiro atoms. The highest BCUT2D eigenvalue weighted by Crippen LogP contribution is 2.25. The van der Waals surface area contributed by atoms with Crippen molar-refractivity contribution in [3.8, 4) is 34.1 Å². The standard InChI is InChI=1S/C25H17NO5/c27-18-8-6-16(7-9-18)22-15-30-23-12-19(10-11-21(23)24(22)28)29-14-20-13-26-25(31-20)17-4-2-1-3-5-17/h1-13,15,27H,14H2. The van der Waals surface area contributed by atoms with Gasteiger partial charge in [-0.2, -0.15) is 0 Å². The molecule has 6 heteroatoms. The number of aromatic nitrogens is 1. The largest absolute Gasteiger partial charge is 0.508 e. The van der Waals surface area contributed by atoms with Crippen molar-refractivity contribution in [2.75, 3.05) is 0 Å². The Hall–Kier alpha value is -4.32. The molecule has 0 aliphatic heterocycles. The van der Waals surface area contributed by atoms with Crippen LogP contribution in [0.1, 0.15) is 5.76 Å². The highest BCUT2D eigenvalue weighted by molar-refractivity contribution is 5.82. The van der Waals surface area contributed by atoms with E-state index in [1.54, 1.807) is 36.5 Å². The highest BCUT2D eigenvalue weighted by Gasteiger charge is 2.11. The summed E-state index contributed by atoms with van der Waals surface area (Å²) >= 11 is 0. The fourth-order valence-electron chi connectivity index (χ4n) is 3.28. The summed E-state index contributed by atoms with van der Waals surface area (Å²) in [7, 11) is 0. The summed E-state index contributed by atoms with van der Waals surface area (Å²) < 4.78 is 17.2. The number of hydrogen-bond acceptors (Lipinski definition) is 6. The fourth-order valence-corrected chi connectivity index (χ4v) is 3.28. The monoisotopic (exact) mass is 411 g/mol. The lowest BCUT2D eigenvalue weighted by molar-refractivity contribution is 0.272. The molecule has 5 rings (SSSR count). The zero-order valence-electron chi connectivity index (χ0n) is 16.3. The van der Waals surface area contributed by atoms with E-state index in [4.69, 9.17) is 13.6 Å². The van der Waals surface area contributed by atoms with Crippen molar-refractivity contribution in [1.82, 2.24) is 4.98 Å². The van der Waals surface area contributed by atoms with Crippen molar-refractivity contribution >= 4 is 11.0 Å². The third-order valence-corrected chi connectivity index (χ3v) is 4.88. The van der Waals surface area contributed by atoms with Crippen LogP contribution in [0.5, 0.6) is 11.5 Å². The van der Waals surface area contributed by atoms with Crippen molar-refractivity contribution in [3.63, 3.8) is 0 Å². The van der Waals surface area contributed by atoms with Crippen LogP contribution in [0.2, 0.25) is 0 Å². The summed E-state index contributed by atoms with van der Waals surface area (Å²) in [5.74, 6) is 1.80. The van der Waals surface area contributed by atoms with Gasteiger partial charge in [0.2, 0.25) is 5.89 Å². The Morgan fingerprint density at radius 3 is 2.55 bits per heavy atom. The fraction of sp³-hybridized carbons (Fsp3) is 0.0400. The molecular weight excluding hydrogens is 394 g/mol. The van der Waals surface area contributed by atoms with Crippen LogP contribution in [-0.2, 0) is 6.61 Å². The number of fused-ring (bicyclic) bond motifs is 1. The number of phenols is 1.